The molecule has 0 bridgehead atoms. The Hall–Kier alpha value is -2.43. The molecule has 1 aromatic heterocycles. The predicted molar refractivity (Wildman–Crippen MR) is 79.6 cm³/mol. The number of nitrogens with zero attached hydrogens (tertiary/aromatic N) is 2. The van der Waals surface area contributed by atoms with Gasteiger partial charge < -0.3 is 10.6 Å². The molecule has 2 aromatic rings. The van der Waals surface area contributed by atoms with Gasteiger partial charge in [0.2, 0.25) is 5.91 Å². The van der Waals surface area contributed by atoms with E-state index in [4.69, 9.17) is 0 Å². The summed E-state index contributed by atoms with van der Waals surface area (Å²) in [4.78, 5) is 19.6. The molecule has 20 heavy (non-hydrogen) atoms. The predicted octanol–water partition coefficient (Wildman–Crippen LogP) is 2.92. The number of anilines is 2. The maximum Gasteiger partial charge on any atom is 0.221 e. The first-order valence-corrected chi connectivity index (χ1v) is 6.48. The van der Waals surface area contributed by atoms with Crippen LogP contribution in [-0.2, 0) is 4.79 Å². The van der Waals surface area contributed by atoms with Crippen molar-refractivity contribution < 1.29 is 4.79 Å². The molecule has 0 saturated heterocycles. The first-order valence-electron chi connectivity index (χ1n) is 6.48. The minimum absolute atomic E-state index is 0.0686. The second-order valence-corrected chi connectivity index (χ2v) is 4.66. The molecule has 0 aliphatic heterocycles. The van der Waals surface area contributed by atoms with Gasteiger partial charge >= 0.3 is 0 Å². The molecule has 5 heteroatoms. The molecule has 0 aliphatic carbocycles. The van der Waals surface area contributed by atoms with Gasteiger partial charge in [0.15, 0.2) is 0 Å². The normalized spacial score (nSPS) is 11.8. The SMILES string of the molecule is CC(=O)Nc1cccc(C(C)Nc2nccnc2C)c1. The highest BCUT2D eigenvalue weighted by molar-refractivity contribution is 5.88. The Balaban J connectivity index is 2.15. The quantitative estimate of drug-likeness (QED) is 0.896. The zero-order chi connectivity index (χ0) is 14.5. The zero-order valence-corrected chi connectivity index (χ0v) is 11.8. The summed E-state index contributed by atoms with van der Waals surface area (Å²) in [5.41, 5.74) is 2.72. The molecule has 1 aromatic carbocycles. The highest BCUT2D eigenvalue weighted by Crippen LogP contribution is 2.21. The van der Waals surface area contributed by atoms with Crippen LogP contribution in [0.1, 0.15) is 31.1 Å². The van der Waals surface area contributed by atoms with Crippen LogP contribution < -0.4 is 10.6 Å². The lowest BCUT2D eigenvalue weighted by atomic mass is 10.1. The molecule has 0 radical (unpaired) electrons. The highest BCUT2D eigenvalue weighted by atomic mass is 16.1. The van der Waals surface area contributed by atoms with Crippen molar-refractivity contribution in [3.63, 3.8) is 0 Å². The lowest BCUT2D eigenvalue weighted by Crippen LogP contribution is -2.11. The number of hydrogen-bond acceptors (Lipinski definition) is 4. The molecule has 1 unspecified atom stereocenters. The molecule has 1 amide bonds. The first kappa shape index (κ1) is 14.0. The van der Waals surface area contributed by atoms with E-state index in [0.29, 0.717) is 0 Å². The Morgan fingerprint density at radius 3 is 2.70 bits per heavy atom. The molecule has 0 aliphatic rings. The van der Waals surface area contributed by atoms with Crippen LogP contribution in [0, 0.1) is 6.92 Å². The van der Waals surface area contributed by atoms with Gasteiger partial charge in [-0.25, -0.2) is 4.98 Å². The molecule has 104 valence electrons. The van der Waals surface area contributed by atoms with E-state index < -0.39 is 0 Å². The van der Waals surface area contributed by atoms with Gasteiger partial charge in [0.05, 0.1) is 11.7 Å². The molecular formula is C15H18N4O. The summed E-state index contributed by atoms with van der Waals surface area (Å²) in [6.45, 7) is 5.45. The van der Waals surface area contributed by atoms with E-state index in [0.717, 1.165) is 22.8 Å². The van der Waals surface area contributed by atoms with Gasteiger partial charge in [0.1, 0.15) is 5.82 Å². The van der Waals surface area contributed by atoms with Crippen LogP contribution in [0.15, 0.2) is 36.7 Å². The van der Waals surface area contributed by atoms with Gasteiger partial charge in [-0.3, -0.25) is 9.78 Å². The van der Waals surface area contributed by atoms with Crippen molar-refractivity contribution in [2.45, 2.75) is 26.8 Å². The molecule has 2 N–H and O–H groups in total. The third kappa shape index (κ3) is 3.54. The fraction of sp³-hybridized carbons (Fsp3) is 0.267. The van der Waals surface area contributed by atoms with Crippen molar-refractivity contribution in [1.82, 2.24) is 9.97 Å². The monoisotopic (exact) mass is 270 g/mol. The van der Waals surface area contributed by atoms with Crippen molar-refractivity contribution in [1.29, 1.82) is 0 Å². The molecular weight excluding hydrogens is 252 g/mol. The van der Waals surface area contributed by atoms with E-state index >= 15 is 0 Å². The number of hydrogen-bond donors (Lipinski definition) is 2. The summed E-state index contributed by atoms with van der Waals surface area (Å²) in [5.74, 6) is 0.692. The standard InChI is InChI=1S/C15H18N4O/c1-10(18-15-11(2)16-7-8-17-15)13-5-4-6-14(9-13)19-12(3)20/h4-10H,1-3H3,(H,17,18)(H,19,20). The van der Waals surface area contributed by atoms with Crippen LogP contribution in [0.5, 0.6) is 0 Å². The van der Waals surface area contributed by atoms with Crippen molar-refractivity contribution in [2.75, 3.05) is 10.6 Å². The van der Waals surface area contributed by atoms with E-state index in [9.17, 15) is 4.79 Å². The maximum absolute atomic E-state index is 11.1. The number of rotatable bonds is 4. The number of carbonyl (C=O) groups is 1. The zero-order valence-electron chi connectivity index (χ0n) is 11.8. The van der Waals surface area contributed by atoms with E-state index in [1.54, 1.807) is 12.4 Å². The van der Waals surface area contributed by atoms with E-state index in [1.165, 1.54) is 6.92 Å². The number of amides is 1. The lowest BCUT2D eigenvalue weighted by Gasteiger charge is -2.16. The van der Waals surface area contributed by atoms with Crippen LogP contribution in [0.4, 0.5) is 11.5 Å². The minimum atomic E-state index is -0.0764. The second kappa shape index (κ2) is 6.14. The van der Waals surface area contributed by atoms with Gasteiger partial charge in [-0.2, -0.15) is 0 Å². The molecule has 5 nitrogen and oxygen atoms in total. The van der Waals surface area contributed by atoms with Crippen LogP contribution in [0.25, 0.3) is 0 Å². The first-order chi connectivity index (χ1) is 9.56. The smallest absolute Gasteiger partial charge is 0.221 e. The van der Waals surface area contributed by atoms with Crippen molar-refractivity contribution in [2.24, 2.45) is 0 Å². The molecule has 0 fully saturated rings. The van der Waals surface area contributed by atoms with Gasteiger partial charge in [0, 0.05) is 25.0 Å². The van der Waals surface area contributed by atoms with Gasteiger partial charge in [-0.15, -0.1) is 0 Å². The molecule has 0 spiro atoms. The van der Waals surface area contributed by atoms with Crippen molar-refractivity contribution in [3.8, 4) is 0 Å². The Morgan fingerprint density at radius 1 is 1.25 bits per heavy atom. The average molecular weight is 270 g/mol. The number of aryl methyl sites for hydroxylation is 1. The number of carbonyl (C=O) groups excluding carboxylic acids is 1. The summed E-state index contributed by atoms with van der Waals surface area (Å²) in [6.07, 6.45) is 3.33. The third-order valence-corrected chi connectivity index (χ3v) is 2.94. The summed E-state index contributed by atoms with van der Waals surface area (Å²) in [5, 5.41) is 6.10. The molecule has 2 rings (SSSR count). The van der Waals surface area contributed by atoms with Crippen LogP contribution >= 0.6 is 0 Å². The van der Waals surface area contributed by atoms with E-state index in [2.05, 4.69) is 20.6 Å². The minimum Gasteiger partial charge on any atom is -0.362 e. The van der Waals surface area contributed by atoms with E-state index in [-0.39, 0.29) is 11.9 Å². The number of aromatic nitrogens is 2. The van der Waals surface area contributed by atoms with Crippen molar-refractivity contribution >= 4 is 17.4 Å². The maximum atomic E-state index is 11.1. The third-order valence-electron chi connectivity index (χ3n) is 2.94. The Bertz CT molecular complexity index is 612. The Labute approximate surface area is 118 Å². The van der Waals surface area contributed by atoms with Crippen LogP contribution in [0.2, 0.25) is 0 Å². The fourth-order valence-corrected chi connectivity index (χ4v) is 1.93. The average Bonchev–Trinajstić information content (AvgIpc) is 2.41. The summed E-state index contributed by atoms with van der Waals surface area (Å²) in [6, 6.07) is 7.81. The topological polar surface area (TPSA) is 66.9 Å². The second-order valence-electron chi connectivity index (χ2n) is 4.66. The Kier molecular flexibility index (Phi) is 4.30. The molecule has 1 heterocycles. The lowest BCUT2D eigenvalue weighted by molar-refractivity contribution is -0.114. The molecule has 0 saturated carbocycles. The summed E-state index contributed by atoms with van der Waals surface area (Å²) < 4.78 is 0. The van der Waals surface area contributed by atoms with Crippen LogP contribution in [0.3, 0.4) is 0 Å². The summed E-state index contributed by atoms with van der Waals surface area (Å²) >= 11 is 0. The molecule has 1 atom stereocenters. The number of benzene rings is 1. The summed E-state index contributed by atoms with van der Waals surface area (Å²) in [7, 11) is 0. The highest BCUT2D eigenvalue weighted by Gasteiger charge is 2.09. The number of nitrogens with one attached hydrogen (secondary N) is 2. The van der Waals surface area contributed by atoms with Crippen LogP contribution in [-0.4, -0.2) is 15.9 Å². The van der Waals surface area contributed by atoms with Gasteiger partial charge in [-0.1, -0.05) is 12.1 Å². The fourth-order valence-electron chi connectivity index (χ4n) is 1.93. The Morgan fingerprint density at radius 2 is 2.00 bits per heavy atom. The van der Waals surface area contributed by atoms with Crippen molar-refractivity contribution in [3.05, 3.63) is 47.9 Å². The van der Waals surface area contributed by atoms with Gasteiger partial charge in [0.25, 0.3) is 0 Å². The van der Waals surface area contributed by atoms with Gasteiger partial charge in [-0.05, 0) is 31.5 Å². The van der Waals surface area contributed by atoms with E-state index in [1.807, 2.05) is 38.1 Å². The largest absolute Gasteiger partial charge is 0.362 e.